The van der Waals surface area contributed by atoms with Crippen molar-refractivity contribution >= 4 is 5.95 Å². The first-order chi connectivity index (χ1) is 8.60. The smallest absolute Gasteiger partial charge is 0.324 e. The predicted octanol–water partition coefficient (Wildman–Crippen LogP) is 0.310. The molecule has 1 heterocycles. The van der Waals surface area contributed by atoms with Crippen LogP contribution in [0.15, 0.2) is 0 Å². The minimum absolute atomic E-state index is 0.239. The molecular formula is C11H21N5O2. The van der Waals surface area contributed by atoms with Crippen molar-refractivity contribution in [1.82, 2.24) is 15.0 Å². The van der Waals surface area contributed by atoms with Crippen LogP contribution >= 0.6 is 0 Å². The molecule has 0 aliphatic heterocycles. The van der Waals surface area contributed by atoms with Gasteiger partial charge in [-0.3, -0.25) is 0 Å². The molecule has 0 unspecified atom stereocenters. The van der Waals surface area contributed by atoms with E-state index >= 15 is 0 Å². The Labute approximate surface area is 107 Å². The van der Waals surface area contributed by atoms with Crippen LogP contribution in [0.25, 0.3) is 0 Å². The summed E-state index contributed by atoms with van der Waals surface area (Å²) in [5.74, 6) is 1.00. The molecule has 0 aliphatic carbocycles. The van der Waals surface area contributed by atoms with Gasteiger partial charge in [-0.05, 0) is 5.92 Å². The average Bonchev–Trinajstić information content (AvgIpc) is 2.37. The van der Waals surface area contributed by atoms with Crippen molar-refractivity contribution < 1.29 is 9.47 Å². The molecule has 0 radical (unpaired) electrons. The summed E-state index contributed by atoms with van der Waals surface area (Å²) in [6, 6.07) is 0.477. The monoisotopic (exact) mass is 255 g/mol. The third kappa shape index (κ3) is 3.99. The highest BCUT2D eigenvalue weighted by molar-refractivity contribution is 5.32. The van der Waals surface area contributed by atoms with Crippen molar-refractivity contribution in [2.75, 3.05) is 38.8 Å². The highest BCUT2D eigenvalue weighted by Crippen LogP contribution is 2.16. The van der Waals surface area contributed by atoms with Gasteiger partial charge in [0.15, 0.2) is 0 Å². The van der Waals surface area contributed by atoms with Crippen molar-refractivity contribution in [3.05, 3.63) is 0 Å². The van der Waals surface area contributed by atoms with Gasteiger partial charge in [0.05, 0.1) is 14.2 Å². The second kappa shape index (κ2) is 6.95. The summed E-state index contributed by atoms with van der Waals surface area (Å²) < 4.78 is 10.1. The molecule has 2 N–H and O–H groups in total. The largest absolute Gasteiger partial charge is 0.467 e. The molecule has 0 saturated carbocycles. The maximum absolute atomic E-state index is 5.61. The van der Waals surface area contributed by atoms with Crippen LogP contribution in [0.2, 0.25) is 0 Å². The molecule has 0 aliphatic rings. The molecule has 7 heteroatoms. The highest BCUT2D eigenvalue weighted by Gasteiger charge is 2.14. The van der Waals surface area contributed by atoms with Crippen LogP contribution < -0.4 is 20.1 Å². The van der Waals surface area contributed by atoms with E-state index in [4.69, 9.17) is 15.2 Å². The molecule has 7 nitrogen and oxygen atoms in total. The quantitative estimate of drug-likeness (QED) is 0.750. The van der Waals surface area contributed by atoms with E-state index in [9.17, 15) is 0 Å². The molecule has 0 aromatic carbocycles. The highest BCUT2D eigenvalue weighted by atomic mass is 16.5. The first-order valence-corrected chi connectivity index (χ1v) is 5.89. The summed E-state index contributed by atoms with van der Waals surface area (Å²) >= 11 is 0. The molecule has 0 fully saturated rings. The van der Waals surface area contributed by atoms with Gasteiger partial charge >= 0.3 is 12.0 Å². The average molecular weight is 255 g/mol. The van der Waals surface area contributed by atoms with Crippen LogP contribution in [0.5, 0.6) is 12.0 Å². The Morgan fingerprint density at radius 2 is 1.67 bits per heavy atom. The molecular weight excluding hydrogens is 234 g/mol. The molecule has 0 atom stereocenters. The van der Waals surface area contributed by atoms with Crippen LogP contribution in [-0.2, 0) is 0 Å². The summed E-state index contributed by atoms with van der Waals surface area (Å²) in [6.07, 6.45) is 0. The lowest BCUT2D eigenvalue weighted by atomic mass is 10.2. The normalized spacial score (nSPS) is 10.6. The lowest BCUT2D eigenvalue weighted by Crippen LogP contribution is -2.34. The van der Waals surface area contributed by atoms with Gasteiger partial charge in [0.1, 0.15) is 0 Å². The summed E-state index contributed by atoms with van der Waals surface area (Å²) in [7, 11) is 3.02. The van der Waals surface area contributed by atoms with Gasteiger partial charge in [0.2, 0.25) is 5.95 Å². The van der Waals surface area contributed by atoms with Crippen LogP contribution in [0.1, 0.15) is 13.8 Å². The Kier molecular flexibility index (Phi) is 5.57. The van der Waals surface area contributed by atoms with E-state index < -0.39 is 0 Å². The fraction of sp³-hybridized carbons (Fsp3) is 0.727. The summed E-state index contributed by atoms with van der Waals surface area (Å²) in [4.78, 5) is 14.4. The number of aromatic nitrogens is 3. The predicted molar refractivity (Wildman–Crippen MR) is 69.0 cm³/mol. The molecule has 0 bridgehead atoms. The minimum atomic E-state index is 0.239. The van der Waals surface area contributed by atoms with E-state index in [1.54, 1.807) is 0 Å². The Hall–Kier alpha value is -1.63. The van der Waals surface area contributed by atoms with Crippen molar-refractivity contribution in [1.29, 1.82) is 0 Å². The second-order valence-electron chi connectivity index (χ2n) is 4.24. The van der Waals surface area contributed by atoms with Crippen molar-refractivity contribution in [3.63, 3.8) is 0 Å². The number of nitrogens with two attached hydrogens (primary N) is 1. The zero-order valence-corrected chi connectivity index (χ0v) is 11.4. The van der Waals surface area contributed by atoms with Crippen LogP contribution in [0, 0.1) is 5.92 Å². The van der Waals surface area contributed by atoms with Gasteiger partial charge in [-0.15, -0.1) is 4.98 Å². The van der Waals surface area contributed by atoms with Gasteiger partial charge in [0.25, 0.3) is 0 Å². The van der Waals surface area contributed by atoms with Gasteiger partial charge in [0, 0.05) is 19.6 Å². The first-order valence-electron chi connectivity index (χ1n) is 5.89. The Bertz CT molecular complexity index is 350. The number of ether oxygens (including phenoxy) is 2. The molecule has 1 aromatic heterocycles. The summed E-state index contributed by atoms with van der Waals surface area (Å²) in [5.41, 5.74) is 5.61. The van der Waals surface area contributed by atoms with E-state index in [1.807, 2.05) is 4.90 Å². The number of rotatable bonds is 7. The fourth-order valence-electron chi connectivity index (χ4n) is 1.52. The molecule has 0 spiro atoms. The maximum Gasteiger partial charge on any atom is 0.324 e. The second-order valence-corrected chi connectivity index (χ2v) is 4.24. The molecule has 0 amide bonds. The van der Waals surface area contributed by atoms with Crippen LogP contribution in [0.4, 0.5) is 5.95 Å². The van der Waals surface area contributed by atoms with E-state index in [1.165, 1.54) is 14.2 Å². The Balaban J connectivity index is 3.01. The topological polar surface area (TPSA) is 86.4 Å². The SMILES string of the molecule is COc1nc(OC)nc(N(CCN)CC(C)C)n1. The molecule has 1 rings (SSSR count). The van der Waals surface area contributed by atoms with Gasteiger partial charge in [-0.25, -0.2) is 0 Å². The van der Waals surface area contributed by atoms with E-state index in [2.05, 4.69) is 28.8 Å². The maximum atomic E-state index is 5.61. The molecule has 1 aromatic rings. The molecule has 102 valence electrons. The van der Waals surface area contributed by atoms with Gasteiger partial charge < -0.3 is 20.1 Å². The van der Waals surface area contributed by atoms with Gasteiger partial charge in [-0.1, -0.05) is 13.8 Å². The Morgan fingerprint density at radius 3 is 2.06 bits per heavy atom. The number of nitrogens with zero attached hydrogens (tertiary/aromatic N) is 4. The first kappa shape index (κ1) is 14.4. The van der Waals surface area contributed by atoms with E-state index in [0.717, 1.165) is 6.54 Å². The molecule has 18 heavy (non-hydrogen) atoms. The third-order valence-corrected chi connectivity index (χ3v) is 2.22. The lowest BCUT2D eigenvalue weighted by Gasteiger charge is -2.23. The lowest BCUT2D eigenvalue weighted by molar-refractivity contribution is 0.339. The number of methoxy groups -OCH3 is 2. The van der Waals surface area contributed by atoms with Crippen LogP contribution in [-0.4, -0.2) is 48.8 Å². The third-order valence-electron chi connectivity index (χ3n) is 2.22. The number of hydrogen-bond donors (Lipinski definition) is 1. The van der Waals surface area contributed by atoms with Crippen molar-refractivity contribution in [2.24, 2.45) is 11.7 Å². The standard InChI is InChI=1S/C11H21N5O2/c1-8(2)7-16(6-5-12)9-13-10(17-3)15-11(14-9)18-4/h8H,5-7,12H2,1-4H3. The summed E-state index contributed by atoms with van der Waals surface area (Å²) in [6.45, 7) is 6.27. The Morgan fingerprint density at radius 1 is 1.11 bits per heavy atom. The van der Waals surface area contributed by atoms with E-state index in [0.29, 0.717) is 25.0 Å². The summed E-state index contributed by atoms with van der Waals surface area (Å²) in [5, 5.41) is 0. The van der Waals surface area contributed by atoms with Crippen LogP contribution in [0.3, 0.4) is 0 Å². The van der Waals surface area contributed by atoms with E-state index in [-0.39, 0.29) is 12.0 Å². The number of hydrogen-bond acceptors (Lipinski definition) is 7. The minimum Gasteiger partial charge on any atom is -0.467 e. The fourth-order valence-corrected chi connectivity index (χ4v) is 1.52. The zero-order chi connectivity index (χ0) is 13.5. The van der Waals surface area contributed by atoms with Gasteiger partial charge in [-0.2, -0.15) is 9.97 Å². The van der Waals surface area contributed by atoms with Crippen molar-refractivity contribution in [3.8, 4) is 12.0 Å². The van der Waals surface area contributed by atoms with Crippen molar-refractivity contribution in [2.45, 2.75) is 13.8 Å². The number of anilines is 1. The zero-order valence-electron chi connectivity index (χ0n) is 11.4. The molecule has 0 saturated heterocycles.